The number of ketones is 1. The van der Waals surface area contributed by atoms with E-state index in [2.05, 4.69) is 35.8 Å². The fourth-order valence-corrected chi connectivity index (χ4v) is 2.89. The van der Waals surface area contributed by atoms with Gasteiger partial charge in [0.1, 0.15) is 0 Å². The zero-order chi connectivity index (χ0) is 15.0. The number of carbonyl (C=O) groups excluding carboxylic acids is 1. The van der Waals surface area contributed by atoms with Gasteiger partial charge in [-0.25, -0.2) is 0 Å². The lowest BCUT2D eigenvalue weighted by molar-refractivity contribution is 0.101. The van der Waals surface area contributed by atoms with Crippen LogP contribution in [0.15, 0.2) is 48.7 Å². The smallest absolute Gasteiger partial charge is 0.161 e. The van der Waals surface area contributed by atoms with Crippen LogP contribution in [-0.2, 0) is 6.54 Å². The number of benzene rings is 2. The number of aryl methyl sites for hydroxylation is 1. The lowest BCUT2D eigenvalue weighted by Crippen LogP contribution is -1.98. The minimum absolute atomic E-state index is 0.0601. The van der Waals surface area contributed by atoms with Gasteiger partial charge in [-0.2, -0.15) is 0 Å². The molecule has 3 aromatic rings. The molecule has 0 radical (unpaired) electrons. The summed E-state index contributed by atoms with van der Waals surface area (Å²) in [5.74, 6) is 0.0601. The first-order valence-electron chi connectivity index (χ1n) is 6.90. The quantitative estimate of drug-likeness (QED) is 0.633. The average Bonchev–Trinajstić information content (AvgIpc) is 2.82. The van der Waals surface area contributed by atoms with Crippen LogP contribution in [0.1, 0.15) is 28.4 Å². The molecule has 0 aliphatic carbocycles. The molecule has 1 aromatic heterocycles. The number of rotatable bonds is 3. The number of nitrogens with zero attached hydrogens (tertiary/aromatic N) is 1. The number of para-hydroxylation sites is 1. The Morgan fingerprint density at radius 1 is 1.14 bits per heavy atom. The number of Topliss-reactive ketones (excluding diaryl/α,β-unsaturated/α-hetero) is 1. The Hall–Kier alpha value is -2.06. The van der Waals surface area contributed by atoms with Crippen molar-refractivity contribution in [3.8, 4) is 0 Å². The largest absolute Gasteiger partial charge is 0.341 e. The summed E-state index contributed by atoms with van der Waals surface area (Å²) in [4.78, 5) is 11.8. The Kier molecular flexibility index (Phi) is 3.56. The molecular weight excluding hydrogens is 282 g/mol. The van der Waals surface area contributed by atoms with Crippen molar-refractivity contribution >= 4 is 28.3 Å². The van der Waals surface area contributed by atoms with E-state index in [0.29, 0.717) is 11.6 Å². The maximum Gasteiger partial charge on any atom is 0.161 e. The molecule has 0 aliphatic rings. The normalized spacial score (nSPS) is 11.0. The van der Waals surface area contributed by atoms with Crippen LogP contribution in [0.3, 0.4) is 0 Å². The van der Waals surface area contributed by atoms with Crippen LogP contribution in [0.25, 0.3) is 10.9 Å². The van der Waals surface area contributed by atoms with Crippen LogP contribution in [0.2, 0.25) is 5.02 Å². The van der Waals surface area contributed by atoms with E-state index in [0.717, 1.165) is 16.5 Å². The Morgan fingerprint density at radius 2 is 1.86 bits per heavy atom. The average molecular weight is 298 g/mol. The second-order valence-electron chi connectivity index (χ2n) is 5.35. The number of halogens is 1. The molecule has 3 heteroatoms. The van der Waals surface area contributed by atoms with Crippen LogP contribution < -0.4 is 0 Å². The molecule has 0 bridgehead atoms. The summed E-state index contributed by atoms with van der Waals surface area (Å²) in [6.45, 7) is 4.36. The lowest BCUT2D eigenvalue weighted by atomic mass is 10.1. The fraction of sp³-hybridized carbons (Fsp3) is 0.167. The molecule has 0 atom stereocenters. The van der Waals surface area contributed by atoms with Gasteiger partial charge in [-0.15, -0.1) is 0 Å². The van der Waals surface area contributed by atoms with Crippen LogP contribution >= 0.6 is 11.6 Å². The molecule has 0 saturated carbocycles. The van der Waals surface area contributed by atoms with Gasteiger partial charge in [0, 0.05) is 23.7 Å². The van der Waals surface area contributed by atoms with E-state index in [1.165, 1.54) is 11.1 Å². The van der Waals surface area contributed by atoms with Crippen LogP contribution in [-0.4, -0.2) is 10.4 Å². The van der Waals surface area contributed by atoms with Crippen LogP contribution in [0.4, 0.5) is 0 Å². The lowest BCUT2D eigenvalue weighted by Gasteiger charge is -2.07. The SMILES string of the molecule is CC(=O)c1cn(Cc2ccc(C)cc2)c2c(Cl)cccc12. The summed E-state index contributed by atoms with van der Waals surface area (Å²) in [7, 11) is 0. The molecule has 0 amide bonds. The predicted molar refractivity (Wildman–Crippen MR) is 87.2 cm³/mol. The monoisotopic (exact) mass is 297 g/mol. The number of aromatic nitrogens is 1. The third-order valence-electron chi connectivity index (χ3n) is 3.70. The summed E-state index contributed by atoms with van der Waals surface area (Å²) < 4.78 is 2.05. The summed E-state index contributed by atoms with van der Waals surface area (Å²) >= 11 is 6.34. The Labute approximate surface area is 129 Å². The second-order valence-corrected chi connectivity index (χ2v) is 5.76. The minimum atomic E-state index is 0.0601. The van der Waals surface area contributed by atoms with E-state index >= 15 is 0 Å². The van der Waals surface area contributed by atoms with Crippen molar-refractivity contribution in [3.63, 3.8) is 0 Å². The van der Waals surface area contributed by atoms with Crippen molar-refractivity contribution in [3.05, 3.63) is 70.4 Å². The third kappa shape index (κ3) is 2.59. The van der Waals surface area contributed by atoms with E-state index in [-0.39, 0.29) is 5.78 Å². The van der Waals surface area contributed by atoms with E-state index in [1.54, 1.807) is 6.92 Å². The van der Waals surface area contributed by atoms with Crippen molar-refractivity contribution in [2.75, 3.05) is 0 Å². The number of hydrogen-bond donors (Lipinski definition) is 0. The zero-order valence-corrected chi connectivity index (χ0v) is 12.8. The molecular formula is C18H16ClNO. The van der Waals surface area contributed by atoms with Crippen LogP contribution in [0.5, 0.6) is 0 Å². The summed E-state index contributed by atoms with van der Waals surface area (Å²) in [6.07, 6.45) is 1.90. The van der Waals surface area contributed by atoms with E-state index < -0.39 is 0 Å². The zero-order valence-electron chi connectivity index (χ0n) is 12.1. The highest BCUT2D eigenvalue weighted by atomic mass is 35.5. The third-order valence-corrected chi connectivity index (χ3v) is 4.01. The van der Waals surface area contributed by atoms with Gasteiger partial charge in [0.2, 0.25) is 0 Å². The van der Waals surface area contributed by atoms with Gasteiger partial charge >= 0.3 is 0 Å². The molecule has 0 saturated heterocycles. The van der Waals surface area contributed by atoms with Crippen molar-refractivity contribution < 1.29 is 4.79 Å². The Morgan fingerprint density at radius 3 is 2.52 bits per heavy atom. The highest BCUT2D eigenvalue weighted by Gasteiger charge is 2.14. The molecule has 0 spiro atoms. The first-order valence-corrected chi connectivity index (χ1v) is 7.28. The maximum absolute atomic E-state index is 11.8. The fourth-order valence-electron chi connectivity index (χ4n) is 2.61. The van der Waals surface area contributed by atoms with E-state index in [9.17, 15) is 4.79 Å². The number of carbonyl (C=O) groups is 1. The van der Waals surface area contributed by atoms with Gasteiger partial charge in [-0.3, -0.25) is 4.79 Å². The van der Waals surface area contributed by atoms with Gasteiger partial charge in [-0.05, 0) is 25.5 Å². The highest BCUT2D eigenvalue weighted by Crippen LogP contribution is 2.29. The van der Waals surface area contributed by atoms with Crippen molar-refractivity contribution in [1.82, 2.24) is 4.57 Å². The molecule has 106 valence electrons. The number of fused-ring (bicyclic) bond motifs is 1. The second kappa shape index (κ2) is 5.38. The summed E-state index contributed by atoms with van der Waals surface area (Å²) in [6, 6.07) is 14.1. The van der Waals surface area contributed by atoms with Crippen molar-refractivity contribution in [2.45, 2.75) is 20.4 Å². The van der Waals surface area contributed by atoms with Gasteiger partial charge in [0.05, 0.1) is 10.5 Å². The summed E-state index contributed by atoms with van der Waals surface area (Å²) in [5, 5.41) is 1.59. The van der Waals surface area contributed by atoms with Crippen molar-refractivity contribution in [2.24, 2.45) is 0 Å². The van der Waals surface area contributed by atoms with Gasteiger partial charge in [0.15, 0.2) is 5.78 Å². The molecule has 21 heavy (non-hydrogen) atoms. The predicted octanol–water partition coefficient (Wildman–Crippen LogP) is 4.85. The molecule has 0 fully saturated rings. The van der Waals surface area contributed by atoms with E-state index in [4.69, 9.17) is 11.6 Å². The molecule has 2 nitrogen and oxygen atoms in total. The topological polar surface area (TPSA) is 22.0 Å². The first-order chi connectivity index (χ1) is 10.1. The molecule has 3 rings (SSSR count). The van der Waals surface area contributed by atoms with Crippen molar-refractivity contribution in [1.29, 1.82) is 0 Å². The number of hydrogen-bond acceptors (Lipinski definition) is 1. The van der Waals surface area contributed by atoms with E-state index in [1.807, 2.05) is 24.4 Å². The molecule has 0 unspecified atom stereocenters. The van der Waals surface area contributed by atoms with Gasteiger partial charge in [-0.1, -0.05) is 53.6 Å². The van der Waals surface area contributed by atoms with Crippen LogP contribution in [0, 0.1) is 6.92 Å². The maximum atomic E-state index is 11.8. The van der Waals surface area contributed by atoms with Gasteiger partial charge < -0.3 is 4.57 Å². The molecule has 0 N–H and O–H groups in total. The molecule has 1 heterocycles. The summed E-state index contributed by atoms with van der Waals surface area (Å²) in [5.41, 5.74) is 4.07. The Bertz CT molecular complexity index is 815. The minimum Gasteiger partial charge on any atom is -0.341 e. The molecule has 0 aliphatic heterocycles. The standard InChI is InChI=1S/C18H16ClNO/c1-12-6-8-14(9-7-12)10-20-11-16(13(2)21)15-4-3-5-17(19)18(15)20/h3-9,11H,10H2,1-2H3. The Balaban J connectivity index is 2.13. The molecule has 2 aromatic carbocycles. The van der Waals surface area contributed by atoms with Gasteiger partial charge in [0.25, 0.3) is 0 Å². The highest BCUT2D eigenvalue weighted by molar-refractivity contribution is 6.35. The first kappa shape index (κ1) is 13.9.